The van der Waals surface area contributed by atoms with Crippen LogP contribution >= 0.6 is 0 Å². The van der Waals surface area contributed by atoms with Gasteiger partial charge in [0.2, 0.25) is 0 Å². The molecule has 1 aliphatic carbocycles. The molecule has 2 N–H and O–H groups in total. The molecule has 29 heavy (non-hydrogen) atoms. The SMILES string of the molecule is CC1=C(C)C(C)([SiH](Cc2ccccc2)Cc2ccccc2)C(CC(C)(C)N)=C1C. The van der Waals surface area contributed by atoms with Crippen molar-refractivity contribution >= 4 is 8.80 Å². The fourth-order valence-electron chi connectivity index (χ4n) is 5.11. The molecule has 0 spiro atoms. The second-order valence-electron chi connectivity index (χ2n) is 9.80. The summed E-state index contributed by atoms with van der Waals surface area (Å²) in [4.78, 5) is 0. The molecule has 0 fully saturated rings. The van der Waals surface area contributed by atoms with E-state index in [1.165, 1.54) is 34.4 Å². The molecule has 154 valence electrons. The van der Waals surface area contributed by atoms with Crippen molar-refractivity contribution in [3.63, 3.8) is 0 Å². The van der Waals surface area contributed by atoms with Gasteiger partial charge in [-0.05, 0) is 64.3 Å². The van der Waals surface area contributed by atoms with E-state index < -0.39 is 8.80 Å². The Kier molecular flexibility index (Phi) is 6.35. The van der Waals surface area contributed by atoms with Gasteiger partial charge in [-0.25, -0.2) is 0 Å². The number of hydrogen-bond acceptors (Lipinski definition) is 1. The van der Waals surface area contributed by atoms with E-state index in [4.69, 9.17) is 5.73 Å². The van der Waals surface area contributed by atoms with Crippen LogP contribution in [0, 0.1) is 0 Å². The Morgan fingerprint density at radius 1 is 0.793 bits per heavy atom. The molecule has 0 aliphatic heterocycles. The number of allylic oxidation sites excluding steroid dienone is 3. The molecule has 0 heterocycles. The molecule has 0 radical (unpaired) electrons. The van der Waals surface area contributed by atoms with Gasteiger partial charge in [-0.1, -0.05) is 89.9 Å². The van der Waals surface area contributed by atoms with Crippen molar-refractivity contribution in [2.24, 2.45) is 5.73 Å². The average Bonchev–Trinajstić information content (AvgIpc) is 2.84. The van der Waals surface area contributed by atoms with Crippen LogP contribution < -0.4 is 5.73 Å². The molecule has 0 saturated heterocycles. The lowest BCUT2D eigenvalue weighted by Gasteiger charge is -2.41. The number of nitrogens with two attached hydrogens (primary N) is 1. The van der Waals surface area contributed by atoms with Crippen LogP contribution in [0.2, 0.25) is 5.04 Å². The fraction of sp³-hybridized carbons (Fsp3) is 0.407. The topological polar surface area (TPSA) is 26.0 Å². The minimum absolute atomic E-state index is 0.163. The van der Waals surface area contributed by atoms with Gasteiger partial charge >= 0.3 is 0 Å². The van der Waals surface area contributed by atoms with E-state index in [0.29, 0.717) is 0 Å². The van der Waals surface area contributed by atoms with E-state index in [0.717, 1.165) is 6.42 Å². The van der Waals surface area contributed by atoms with E-state index >= 15 is 0 Å². The Bertz CT molecular complexity index is 861. The fourth-order valence-corrected chi connectivity index (χ4v) is 9.40. The molecule has 0 aromatic heterocycles. The number of benzene rings is 2. The first-order valence-electron chi connectivity index (χ1n) is 10.9. The van der Waals surface area contributed by atoms with Crippen LogP contribution in [0.1, 0.15) is 59.1 Å². The molecule has 0 bridgehead atoms. The summed E-state index contributed by atoms with van der Waals surface area (Å²) in [7, 11) is -1.31. The minimum Gasteiger partial charge on any atom is -0.325 e. The van der Waals surface area contributed by atoms with Crippen molar-refractivity contribution in [1.82, 2.24) is 0 Å². The maximum atomic E-state index is 6.56. The van der Waals surface area contributed by atoms with Crippen molar-refractivity contribution in [1.29, 1.82) is 0 Å². The smallest absolute Gasteiger partial charge is 0.0618 e. The monoisotopic (exact) mass is 403 g/mol. The zero-order valence-corrected chi connectivity index (χ0v) is 20.2. The normalized spacial score (nSPS) is 20.1. The summed E-state index contributed by atoms with van der Waals surface area (Å²) >= 11 is 0. The van der Waals surface area contributed by atoms with E-state index in [9.17, 15) is 0 Å². The second kappa shape index (κ2) is 8.45. The lowest BCUT2D eigenvalue weighted by atomic mass is 9.86. The highest BCUT2D eigenvalue weighted by Crippen LogP contribution is 2.57. The molecule has 1 unspecified atom stereocenters. The first kappa shape index (κ1) is 21.8. The first-order valence-corrected chi connectivity index (χ1v) is 13.1. The predicted octanol–water partition coefficient (Wildman–Crippen LogP) is 6.33. The Morgan fingerprint density at radius 3 is 1.66 bits per heavy atom. The zero-order chi connectivity index (χ0) is 21.2. The van der Waals surface area contributed by atoms with Crippen LogP contribution in [0.25, 0.3) is 0 Å². The molecular formula is C27H37NSi. The first-order chi connectivity index (χ1) is 13.6. The molecular weight excluding hydrogens is 366 g/mol. The third-order valence-corrected chi connectivity index (χ3v) is 11.4. The van der Waals surface area contributed by atoms with Gasteiger partial charge in [0.15, 0.2) is 0 Å². The van der Waals surface area contributed by atoms with Crippen LogP contribution in [0.5, 0.6) is 0 Å². The van der Waals surface area contributed by atoms with Crippen LogP contribution in [0.4, 0.5) is 0 Å². The van der Waals surface area contributed by atoms with Gasteiger partial charge in [0.05, 0.1) is 8.80 Å². The van der Waals surface area contributed by atoms with E-state index in [1.807, 2.05) is 0 Å². The summed E-state index contributed by atoms with van der Waals surface area (Å²) in [6.45, 7) is 13.9. The summed E-state index contributed by atoms with van der Waals surface area (Å²) in [5.74, 6) is 0. The zero-order valence-electron chi connectivity index (χ0n) is 19.0. The van der Waals surface area contributed by atoms with E-state index in [2.05, 4.69) is 102 Å². The summed E-state index contributed by atoms with van der Waals surface area (Å²) in [6, 6.07) is 24.6. The summed E-state index contributed by atoms with van der Waals surface area (Å²) < 4.78 is 0. The van der Waals surface area contributed by atoms with Crippen molar-refractivity contribution in [2.45, 2.75) is 70.6 Å². The third kappa shape index (κ3) is 4.65. The molecule has 0 saturated carbocycles. The Hall–Kier alpha value is -1.90. The summed E-state index contributed by atoms with van der Waals surface area (Å²) in [6.07, 6.45) is 0.969. The summed E-state index contributed by atoms with van der Waals surface area (Å²) in [5, 5.41) is 0.163. The molecule has 2 heteroatoms. The predicted molar refractivity (Wildman–Crippen MR) is 130 cm³/mol. The van der Waals surface area contributed by atoms with Crippen molar-refractivity contribution in [2.75, 3.05) is 0 Å². The van der Waals surface area contributed by atoms with Gasteiger partial charge in [0, 0.05) is 10.6 Å². The standard InChI is InChI=1S/C27H37NSi/c1-20-21(2)25(17-26(4,5)28)27(6,22(20)3)29(18-23-13-9-7-10-14-23)19-24-15-11-8-12-16-24/h7-16,29H,17-19,28H2,1-6H3. The lowest BCUT2D eigenvalue weighted by Crippen LogP contribution is -2.41. The number of hydrogen-bond donors (Lipinski definition) is 1. The quantitative estimate of drug-likeness (QED) is 0.537. The van der Waals surface area contributed by atoms with Gasteiger partial charge in [-0.15, -0.1) is 0 Å². The maximum Gasteiger partial charge on any atom is 0.0618 e. The summed E-state index contributed by atoms with van der Waals surface area (Å²) in [5.41, 5.74) is 15.5. The second-order valence-corrected chi connectivity index (χ2v) is 13.2. The van der Waals surface area contributed by atoms with Crippen molar-refractivity contribution in [3.05, 3.63) is 94.1 Å². The van der Waals surface area contributed by atoms with E-state index in [1.54, 1.807) is 11.1 Å². The highest BCUT2D eigenvalue weighted by Gasteiger charge is 2.46. The molecule has 1 aliphatic rings. The lowest BCUT2D eigenvalue weighted by molar-refractivity contribution is 0.495. The molecule has 2 aromatic carbocycles. The van der Waals surface area contributed by atoms with Crippen LogP contribution in [0.15, 0.2) is 83.0 Å². The largest absolute Gasteiger partial charge is 0.325 e. The third-order valence-electron chi connectivity index (χ3n) is 7.08. The number of rotatable bonds is 7. The van der Waals surface area contributed by atoms with Gasteiger partial charge in [0.25, 0.3) is 0 Å². The average molecular weight is 404 g/mol. The van der Waals surface area contributed by atoms with E-state index in [-0.39, 0.29) is 10.6 Å². The Morgan fingerprint density at radius 2 is 1.24 bits per heavy atom. The van der Waals surface area contributed by atoms with Gasteiger partial charge in [-0.3, -0.25) is 0 Å². The van der Waals surface area contributed by atoms with Crippen LogP contribution in [-0.2, 0) is 12.1 Å². The molecule has 1 nitrogen and oxygen atoms in total. The van der Waals surface area contributed by atoms with Crippen LogP contribution in [0.3, 0.4) is 0 Å². The van der Waals surface area contributed by atoms with Gasteiger partial charge in [0.1, 0.15) is 0 Å². The van der Waals surface area contributed by atoms with Crippen molar-refractivity contribution in [3.8, 4) is 0 Å². The molecule has 0 amide bonds. The molecule has 3 rings (SSSR count). The minimum atomic E-state index is -1.31. The van der Waals surface area contributed by atoms with Crippen molar-refractivity contribution < 1.29 is 0 Å². The maximum absolute atomic E-state index is 6.56. The highest BCUT2D eigenvalue weighted by atomic mass is 28.3. The van der Waals surface area contributed by atoms with Gasteiger partial charge in [-0.2, -0.15) is 0 Å². The Balaban J connectivity index is 2.08. The highest BCUT2D eigenvalue weighted by molar-refractivity contribution is 6.63. The molecule has 2 aromatic rings. The van der Waals surface area contributed by atoms with Crippen LogP contribution in [-0.4, -0.2) is 14.3 Å². The molecule has 1 atom stereocenters. The Labute approximate surface area is 179 Å². The van der Waals surface area contributed by atoms with Gasteiger partial charge < -0.3 is 5.73 Å².